The predicted octanol–water partition coefficient (Wildman–Crippen LogP) is 11.5. The van der Waals surface area contributed by atoms with Crippen molar-refractivity contribution in [3.8, 4) is 17.1 Å². The maximum Gasteiger partial charge on any atom is 0.179 e. The van der Waals surface area contributed by atoms with Gasteiger partial charge in [0, 0.05) is 38.2 Å². The molecule has 3 aromatic heterocycles. The van der Waals surface area contributed by atoms with Crippen LogP contribution in [0.5, 0.6) is 0 Å². The van der Waals surface area contributed by atoms with Crippen molar-refractivity contribution in [3.05, 3.63) is 230 Å². The first kappa shape index (κ1) is 36.8. The SMILES string of the molecule is Cc1ccc2c3cc4cc(c5ccccc5c5nc(-c6ccc([Si](c7ccccc7)(c7ccccc7)c7ccccc7)cc6)nc(n5)c5ccccc45)c3n(-c3ccccc3)c2c1. The number of aryl methyl sites for hydroxylation is 1. The number of fused-ring (bicyclic) bond motifs is 14. The molecule has 0 fully saturated rings. The lowest BCUT2D eigenvalue weighted by molar-refractivity contribution is 1.18. The van der Waals surface area contributed by atoms with Crippen LogP contribution >= 0.6 is 0 Å². The van der Waals surface area contributed by atoms with E-state index in [1.165, 1.54) is 42.6 Å². The van der Waals surface area contributed by atoms with Crippen LogP contribution in [0.15, 0.2) is 224 Å². The Kier molecular flexibility index (Phi) is 8.69. The molecule has 0 spiro atoms. The van der Waals surface area contributed by atoms with Crippen LogP contribution in [0, 0.1) is 6.92 Å². The summed E-state index contributed by atoms with van der Waals surface area (Å²) in [7, 11) is -2.72. The van der Waals surface area contributed by atoms with Crippen molar-refractivity contribution in [1.82, 2.24) is 19.5 Å². The Morgan fingerprint density at radius 1 is 0.365 bits per heavy atom. The number of hydrogen-bond donors (Lipinski definition) is 0. The average Bonchev–Trinajstić information content (AvgIpc) is 3.68. The van der Waals surface area contributed by atoms with Gasteiger partial charge < -0.3 is 4.57 Å². The van der Waals surface area contributed by atoms with Gasteiger partial charge in [0.25, 0.3) is 0 Å². The summed E-state index contributed by atoms with van der Waals surface area (Å²) in [5.74, 6) is 0.640. The molecule has 0 saturated heterocycles. The van der Waals surface area contributed by atoms with Crippen LogP contribution in [0.3, 0.4) is 0 Å². The van der Waals surface area contributed by atoms with Crippen LogP contribution < -0.4 is 20.7 Å². The fraction of sp³-hybridized carbons (Fsp3) is 0.0172. The summed E-state index contributed by atoms with van der Waals surface area (Å²) >= 11 is 0. The lowest BCUT2D eigenvalue weighted by Gasteiger charge is -2.34. The number of hydrogen-bond acceptors (Lipinski definition) is 3. The first-order chi connectivity index (χ1) is 31.1. The topological polar surface area (TPSA) is 43.6 Å². The molecule has 296 valence electrons. The van der Waals surface area contributed by atoms with E-state index in [-0.39, 0.29) is 0 Å². The summed E-state index contributed by atoms with van der Waals surface area (Å²) in [6, 6.07) is 81.6. The van der Waals surface area contributed by atoms with Gasteiger partial charge in [-0.05, 0) is 79.7 Å². The van der Waals surface area contributed by atoms with Crippen LogP contribution in [0.2, 0.25) is 0 Å². The Hall–Kier alpha value is -7.99. The molecule has 63 heavy (non-hydrogen) atoms. The Morgan fingerprint density at radius 2 is 0.825 bits per heavy atom. The minimum Gasteiger partial charge on any atom is -0.309 e. The molecule has 0 radical (unpaired) electrons. The van der Waals surface area contributed by atoms with E-state index in [0.717, 1.165) is 49.1 Å². The normalized spacial score (nSPS) is 11.9. The van der Waals surface area contributed by atoms with Gasteiger partial charge in [0.1, 0.15) is 0 Å². The minimum absolute atomic E-state index is 0.640. The summed E-state index contributed by atoms with van der Waals surface area (Å²) < 4.78 is 2.43. The van der Waals surface area contributed by atoms with E-state index in [1.807, 2.05) is 0 Å². The summed E-state index contributed by atoms with van der Waals surface area (Å²) in [6.45, 7) is 2.17. The van der Waals surface area contributed by atoms with E-state index in [0.29, 0.717) is 17.1 Å². The monoisotopic (exact) mass is 820 g/mol. The second-order valence-electron chi connectivity index (χ2n) is 16.4. The first-order valence-electron chi connectivity index (χ1n) is 21.5. The van der Waals surface area contributed by atoms with Crippen LogP contribution in [0.25, 0.3) is 82.5 Å². The fourth-order valence-corrected chi connectivity index (χ4v) is 14.7. The molecule has 0 atom stereocenters. The summed E-state index contributed by atoms with van der Waals surface area (Å²) in [6.07, 6.45) is 0. The lowest BCUT2D eigenvalue weighted by Crippen LogP contribution is -2.74. The van der Waals surface area contributed by atoms with Crippen molar-refractivity contribution >= 4 is 94.2 Å². The van der Waals surface area contributed by atoms with Gasteiger partial charge in [-0.2, -0.15) is 0 Å². The molecule has 4 nitrogen and oxygen atoms in total. The van der Waals surface area contributed by atoms with Crippen molar-refractivity contribution < 1.29 is 0 Å². The molecule has 12 aromatic rings. The van der Waals surface area contributed by atoms with Crippen molar-refractivity contribution in [2.24, 2.45) is 0 Å². The molecule has 0 N–H and O–H groups in total. The van der Waals surface area contributed by atoms with Crippen LogP contribution in [0.1, 0.15) is 5.56 Å². The molecule has 0 saturated carbocycles. The summed E-state index contributed by atoms with van der Waals surface area (Å²) in [5, 5.41) is 14.0. The Labute approximate surface area is 366 Å². The van der Waals surface area contributed by atoms with Gasteiger partial charge in [-0.25, -0.2) is 15.0 Å². The second kappa shape index (κ2) is 14.9. The Balaban J connectivity index is 1.16. The van der Waals surface area contributed by atoms with E-state index < -0.39 is 8.07 Å². The smallest absolute Gasteiger partial charge is 0.179 e. The molecule has 0 aliphatic heterocycles. The minimum atomic E-state index is -2.72. The molecule has 0 amide bonds. The predicted molar refractivity (Wildman–Crippen MR) is 267 cm³/mol. The van der Waals surface area contributed by atoms with E-state index in [9.17, 15) is 0 Å². The van der Waals surface area contributed by atoms with E-state index in [2.05, 4.69) is 236 Å². The van der Waals surface area contributed by atoms with Gasteiger partial charge in [0.15, 0.2) is 25.2 Å². The van der Waals surface area contributed by atoms with Crippen LogP contribution in [-0.4, -0.2) is 27.6 Å². The quantitative estimate of drug-likeness (QED) is 0.124. The number of nitrogens with zero attached hydrogens (tertiary/aromatic N) is 4. The molecule has 12 rings (SSSR count). The fourth-order valence-electron chi connectivity index (χ4n) is 9.98. The third kappa shape index (κ3) is 5.93. The van der Waals surface area contributed by atoms with E-state index in [4.69, 9.17) is 15.0 Å². The Morgan fingerprint density at radius 3 is 1.40 bits per heavy atom. The van der Waals surface area contributed by atoms with Crippen molar-refractivity contribution in [2.75, 3.05) is 0 Å². The van der Waals surface area contributed by atoms with Crippen molar-refractivity contribution in [1.29, 1.82) is 0 Å². The zero-order valence-electron chi connectivity index (χ0n) is 34.7. The zero-order chi connectivity index (χ0) is 41.9. The third-order valence-corrected chi connectivity index (χ3v) is 17.6. The molecule has 9 aromatic carbocycles. The molecular formula is C58H40N4Si. The van der Waals surface area contributed by atoms with Crippen molar-refractivity contribution in [3.63, 3.8) is 0 Å². The molecule has 0 unspecified atom stereocenters. The number of rotatable bonds is 6. The first-order valence-corrected chi connectivity index (χ1v) is 23.5. The highest BCUT2D eigenvalue weighted by molar-refractivity contribution is 7.19. The van der Waals surface area contributed by atoms with Gasteiger partial charge in [-0.15, -0.1) is 0 Å². The molecular weight excluding hydrogens is 781 g/mol. The van der Waals surface area contributed by atoms with E-state index >= 15 is 0 Å². The van der Waals surface area contributed by atoms with Gasteiger partial charge in [-0.1, -0.05) is 194 Å². The molecule has 4 bridgehead atoms. The number of aromatic nitrogens is 4. The number of benzene rings is 9. The third-order valence-electron chi connectivity index (χ3n) is 12.8. The highest BCUT2D eigenvalue weighted by atomic mass is 28.3. The molecule has 5 heteroatoms. The van der Waals surface area contributed by atoms with E-state index in [1.54, 1.807) is 0 Å². The van der Waals surface area contributed by atoms with Gasteiger partial charge in [-0.3, -0.25) is 0 Å². The summed E-state index contributed by atoms with van der Waals surface area (Å²) in [5.41, 5.74) is 6.91. The number of para-hydroxylation sites is 1. The van der Waals surface area contributed by atoms with Crippen LogP contribution in [0.4, 0.5) is 0 Å². The highest BCUT2D eigenvalue weighted by Crippen LogP contribution is 2.40. The maximum atomic E-state index is 5.37. The zero-order valence-corrected chi connectivity index (χ0v) is 35.7. The molecule has 0 aliphatic rings. The lowest BCUT2D eigenvalue weighted by atomic mass is 10.00. The van der Waals surface area contributed by atoms with Crippen LogP contribution in [-0.2, 0) is 0 Å². The van der Waals surface area contributed by atoms with Gasteiger partial charge >= 0.3 is 0 Å². The van der Waals surface area contributed by atoms with Gasteiger partial charge in [0.2, 0.25) is 0 Å². The molecule has 0 aliphatic carbocycles. The highest BCUT2D eigenvalue weighted by Gasteiger charge is 2.41. The average molecular weight is 821 g/mol. The van der Waals surface area contributed by atoms with Gasteiger partial charge in [0.05, 0.1) is 11.0 Å². The largest absolute Gasteiger partial charge is 0.309 e. The molecule has 3 heterocycles. The summed E-state index contributed by atoms with van der Waals surface area (Å²) in [4.78, 5) is 16.0. The van der Waals surface area contributed by atoms with Crippen molar-refractivity contribution in [2.45, 2.75) is 6.92 Å². The second-order valence-corrected chi connectivity index (χ2v) is 20.2. The Bertz CT molecular complexity index is 3620. The maximum absolute atomic E-state index is 5.37. The standard InChI is InChI=1S/C58H40N4Si/c1-39-30-35-49-53-38-41-37-52(55(53)62(54(49)36-39)42-18-6-2-7-19-42)48-27-15-17-29-51(48)58-60-56(59-57(61-58)50-28-16-14-26-47(41)50)40-31-33-46(34-32-40)63(43-20-8-3-9-21-43,44-22-10-4-11-23-44)45-24-12-5-13-25-45/h2-38H,1H3.